The van der Waals surface area contributed by atoms with E-state index in [0.717, 1.165) is 13.1 Å². The molecule has 1 saturated heterocycles. The molecule has 0 spiro atoms. The van der Waals surface area contributed by atoms with E-state index in [9.17, 15) is 25.0 Å². The molecule has 0 unspecified atom stereocenters. The minimum absolute atomic E-state index is 0.0824. The Morgan fingerprint density at radius 3 is 2.38 bits per heavy atom. The highest BCUT2D eigenvalue weighted by molar-refractivity contribution is 5.92. The lowest BCUT2D eigenvalue weighted by atomic mass is 10.2. The van der Waals surface area contributed by atoms with Gasteiger partial charge >= 0.3 is 0 Å². The maximum Gasteiger partial charge on any atom is 0.294 e. The molecule has 0 atom stereocenters. The zero-order chi connectivity index (χ0) is 20.8. The maximum absolute atomic E-state index is 12.1. The van der Waals surface area contributed by atoms with Crippen molar-refractivity contribution in [1.29, 1.82) is 0 Å². The lowest BCUT2D eigenvalue weighted by molar-refractivity contribution is -0.384. The van der Waals surface area contributed by atoms with Crippen molar-refractivity contribution in [3.05, 3.63) is 62.7 Å². The van der Waals surface area contributed by atoms with Crippen LogP contribution in [-0.2, 0) is 4.79 Å². The van der Waals surface area contributed by atoms with Gasteiger partial charge in [0, 0.05) is 50.1 Å². The molecule has 2 N–H and O–H groups in total. The van der Waals surface area contributed by atoms with E-state index in [1.807, 2.05) is 4.90 Å². The number of amides is 1. The van der Waals surface area contributed by atoms with Crippen LogP contribution in [0.4, 0.5) is 22.7 Å². The van der Waals surface area contributed by atoms with Crippen molar-refractivity contribution in [2.24, 2.45) is 0 Å². The zero-order valence-electron chi connectivity index (χ0n) is 15.4. The molecule has 1 aliphatic heterocycles. The van der Waals surface area contributed by atoms with Gasteiger partial charge in [0.05, 0.1) is 9.85 Å². The monoisotopic (exact) mass is 401 g/mol. The predicted octanol–water partition coefficient (Wildman–Crippen LogP) is 1.93. The van der Waals surface area contributed by atoms with Crippen LogP contribution in [0.5, 0.6) is 5.75 Å². The fraction of sp³-hybridized carbons (Fsp3) is 0.278. The van der Waals surface area contributed by atoms with Crippen LogP contribution in [0.15, 0.2) is 42.5 Å². The van der Waals surface area contributed by atoms with Gasteiger partial charge in [0.15, 0.2) is 6.61 Å². The number of anilines is 2. The normalized spacial score (nSPS) is 13.6. The number of nitrogens with zero attached hydrogens (tertiary/aromatic N) is 3. The predicted molar refractivity (Wildman–Crippen MR) is 105 cm³/mol. The smallest absolute Gasteiger partial charge is 0.294 e. The van der Waals surface area contributed by atoms with E-state index in [1.54, 1.807) is 12.1 Å². The van der Waals surface area contributed by atoms with Crippen molar-refractivity contribution in [3.63, 3.8) is 0 Å². The van der Waals surface area contributed by atoms with Crippen LogP contribution in [0.1, 0.15) is 0 Å². The van der Waals surface area contributed by atoms with E-state index in [0.29, 0.717) is 24.5 Å². The Morgan fingerprint density at radius 2 is 1.76 bits per heavy atom. The average Bonchev–Trinajstić information content (AvgIpc) is 2.73. The number of nitro benzene ring substituents is 2. The van der Waals surface area contributed by atoms with Crippen LogP contribution in [0, 0.1) is 20.2 Å². The van der Waals surface area contributed by atoms with Gasteiger partial charge in [-0.25, -0.2) is 0 Å². The molecule has 0 saturated carbocycles. The van der Waals surface area contributed by atoms with E-state index in [4.69, 9.17) is 4.74 Å². The maximum atomic E-state index is 12.1. The first-order chi connectivity index (χ1) is 13.9. The molecule has 0 radical (unpaired) electrons. The van der Waals surface area contributed by atoms with Gasteiger partial charge in [-0.2, -0.15) is 0 Å². The molecule has 0 aliphatic carbocycles. The van der Waals surface area contributed by atoms with Crippen molar-refractivity contribution in [2.45, 2.75) is 0 Å². The summed E-state index contributed by atoms with van der Waals surface area (Å²) in [5.41, 5.74) is 0.629. The van der Waals surface area contributed by atoms with Crippen molar-refractivity contribution < 1.29 is 19.4 Å². The SMILES string of the molecule is O=C(COc1ccc([N+](=O)[O-])cc1)Nc1ccc(N2CCNCC2)c([N+](=O)[O-])c1. The van der Waals surface area contributed by atoms with Crippen LogP contribution in [-0.4, -0.2) is 48.5 Å². The second-order valence-electron chi connectivity index (χ2n) is 6.29. The quantitative estimate of drug-likeness (QED) is 0.530. The Kier molecular flexibility index (Phi) is 6.19. The lowest BCUT2D eigenvalue weighted by Crippen LogP contribution is -2.43. The molecular weight excluding hydrogens is 382 g/mol. The number of ether oxygens (including phenoxy) is 1. The van der Waals surface area contributed by atoms with Gasteiger partial charge in [-0.3, -0.25) is 25.0 Å². The number of hydrogen-bond donors (Lipinski definition) is 2. The molecule has 1 aliphatic rings. The topological polar surface area (TPSA) is 140 Å². The van der Waals surface area contributed by atoms with Crippen LogP contribution in [0.25, 0.3) is 0 Å². The number of non-ortho nitro benzene ring substituents is 1. The molecule has 2 aromatic carbocycles. The first kappa shape index (κ1) is 20.0. The molecular formula is C18H19N5O6. The minimum Gasteiger partial charge on any atom is -0.484 e. The Labute approximate surface area is 165 Å². The highest BCUT2D eigenvalue weighted by Crippen LogP contribution is 2.31. The zero-order valence-corrected chi connectivity index (χ0v) is 15.4. The summed E-state index contributed by atoms with van der Waals surface area (Å²) >= 11 is 0. The number of carbonyl (C=O) groups excluding carboxylic acids is 1. The van der Waals surface area contributed by atoms with E-state index in [2.05, 4.69) is 10.6 Å². The number of carbonyl (C=O) groups is 1. The third kappa shape index (κ3) is 5.17. The van der Waals surface area contributed by atoms with Crippen molar-refractivity contribution in [1.82, 2.24) is 5.32 Å². The standard InChI is InChI=1S/C18H19N5O6/c24-18(12-29-15-4-2-14(3-5-15)22(25)26)20-13-1-6-16(17(11-13)23(27)28)21-9-7-19-8-10-21/h1-6,11,19H,7-10,12H2,(H,20,24). The number of nitro groups is 2. The molecule has 11 nitrogen and oxygen atoms in total. The molecule has 0 bridgehead atoms. The van der Waals surface area contributed by atoms with Gasteiger partial charge in [0.2, 0.25) is 0 Å². The van der Waals surface area contributed by atoms with Crippen LogP contribution in [0.3, 0.4) is 0 Å². The Hall–Kier alpha value is -3.73. The van der Waals surface area contributed by atoms with Crippen molar-refractivity contribution in [2.75, 3.05) is 43.0 Å². The van der Waals surface area contributed by atoms with Gasteiger partial charge in [0.1, 0.15) is 11.4 Å². The molecule has 152 valence electrons. The number of piperazine rings is 1. The number of benzene rings is 2. The van der Waals surface area contributed by atoms with Gasteiger partial charge in [-0.15, -0.1) is 0 Å². The molecule has 0 aromatic heterocycles. The molecule has 29 heavy (non-hydrogen) atoms. The number of rotatable bonds is 7. The summed E-state index contributed by atoms with van der Waals surface area (Å²) in [6.07, 6.45) is 0. The molecule has 1 heterocycles. The first-order valence-corrected chi connectivity index (χ1v) is 8.85. The van der Waals surface area contributed by atoms with Gasteiger partial charge < -0.3 is 20.3 Å². The number of hydrogen-bond acceptors (Lipinski definition) is 8. The number of nitrogens with one attached hydrogen (secondary N) is 2. The van der Waals surface area contributed by atoms with Crippen LogP contribution < -0.4 is 20.3 Å². The summed E-state index contributed by atoms with van der Waals surface area (Å²) in [5, 5.41) is 27.8. The summed E-state index contributed by atoms with van der Waals surface area (Å²) < 4.78 is 5.29. The van der Waals surface area contributed by atoms with E-state index in [-0.39, 0.29) is 23.7 Å². The Balaban J connectivity index is 1.62. The summed E-state index contributed by atoms with van der Waals surface area (Å²) in [6.45, 7) is 2.47. The van der Waals surface area contributed by atoms with Crippen molar-refractivity contribution >= 4 is 28.7 Å². The summed E-state index contributed by atoms with van der Waals surface area (Å²) in [7, 11) is 0. The highest BCUT2D eigenvalue weighted by atomic mass is 16.6. The van der Waals surface area contributed by atoms with Gasteiger partial charge in [-0.05, 0) is 24.3 Å². The Bertz CT molecular complexity index is 911. The summed E-state index contributed by atoms with van der Waals surface area (Å²) in [6, 6.07) is 9.86. The third-order valence-electron chi connectivity index (χ3n) is 4.33. The third-order valence-corrected chi connectivity index (χ3v) is 4.33. The van der Waals surface area contributed by atoms with Gasteiger partial charge in [0.25, 0.3) is 17.3 Å². The van der Waals surface area contributed by atoms with E-state index < -0.39 is 15.8 Å². The average molecular weight is 401 g/mol. The first-order valence-electron chi connectivity index (χ1n) is 8.85. The van der Waals surface area contributed by atoms with Crippen LogP contribution in [0.2, 0.25) is 0 Å². The fourth-order valence-electron chi connectivity index (χ4n) is 2.93. The molecule has 2 aromatic rings. The molecule has 11 heteroatoms. The van der Waals surface area contributed by atoms with Gasteiger partial charge in [-0.1, -0.05) is 0 Å². The molecule has 1 fully saturated rings. The van der Waals surface area contributed by atoms with E-state index in [1.165, 1.54) is 30.3 Å². The Morgan fingerprint density at radius 1 is 1.07 bits per heavy atom. The molecule has 3 rings (SSSR count). The second-order valence-corrected chi connectivity index (χ2v) is 6.29. The fourth-order valence-corrected chi connectivity index (χ4v) is 2.93. The van der Waals surface area contributed by atoms with Crippen LogP contribution >= 0.6 is 0 Å². The minimum atomic E-state index is -0.534. The largest absolute Gasteiger partial charge is 0.484 e. The summed E-state index contributed by atoms with van der Waals surface area (Å²) in [5.74, 6) is -0.210. The van der Waals surface area contributed by atoms with E-state index >= 15 is 0 Å². The molecule has 1 amide bonds. The lowest BCUT2D eigenvalue weighted by Gasteiger charge is -2.29. The van der Waals surface area contributed by atoms with Crippen molar-refractivity contribution in [3.8, 4) is 5.75 Å². The second kappa shape index (κ2) is 8.97. The summed E-state index contributed by atoms with van der Waals surface area (Å²) in [4.78, 5) is 35.1. The highest BCUT2D eigenvalue weighted by Gasteiger charge is 2.22.